The molecule has 0 saturated carbocycles. The fraction of sp³-hybridized carbons (Fsp3) is 0.0625. The summed E-state index contributed by atoms with van der Waals surface area (Å²) in [5, 5.41) is 3.68. The lowest BCUT2D eigenvalue weighted by Gasteiger charge is -1.97. The summed E-state index contributed by atoms with van der Waals surface area (Å²) in [6.07, 6.45) is 1.89. The average molecular weight is 332 g/mol. The van der Waals surface area contributed by atoms with Gasteiger partial charge in [-0.05, 0) is 29.6 Å². The number of carbonyl (C=O) groups is 1. The van der Waals surface area contributed by atoms with E-state index in [0.717, 1.165) is 21.3 Å². The number of nitrogens with zero attached hydrogens (tertiary/aromatic N) is 1. The predicted molar refractivity (Wildman–Crippen MR) is 91.1 cm³/mol. The van der Waals surface area contributed by atoms with Crippen molar-refractivity contribution in [3.8, 4) is 0 Å². The Morgan fingerprint density at radius 3 is 2.86 bits per heavy atom. The minimum Gasteiger partial charge on any atom is -0.350 e. The number of carbonyl (C=O) groups excluding carboxylic acids is 1. The van der Waals surface area contributed by atoms with E-state index in [2.05, 4.69) is 11.4 Å². The van der Waals surface area contributed by atoms with E-state index in [1.54, 1.807) is 22.7 Å². The summed E-state index contributed by atoms with van der Waals surface area (Å²) in [6.45, 7) is 0. The molecule has 3 heterocycles. The SMILES string of the molecule is Cn1cc(C(=O)c2cc3sccc3s2)c2ccc(Cl)cc21. The number of thiophene rings is 2. The Morgan fingerprint density at radius 1 is 1.19 bits per heavy atom. The zero-order valence-corrected chi connectivity index (χ0v) is 13.5. The summed E-state index contributed by atoms with van der Waals surface area (Å²) in [6, 6.07) is 9.68. The Labute approximate surface area is 134 Å². The predicted octanol–water partition coefficient (Wildman–Crippen LogP) is 5.34. The van der Waals surface area contributed by atoms with Crippen LogP contribution < -0.4 is 0 Å². The van der Waals surface area contributed by atoms with Gasteiger partial charge in [0.1, 0.15) is 0 Å². The first-order valence-electron chi connectivity index (χ1n) is 6.40. The molecule has 0 aliphatic rings. The summed E-state index contributed by atoms with van der Waals surface area (Å²) >= 11 is 9.26. The fourth-order valence-corrected chi connectivity index (χ4v) is 4.78. The lowest BCUT2D eigenvalue weighted by molar-refractivity contribution is 0.104. The zero-order valence-electron chi connectivity index (χ0n) is 11.1. The van der Waals surface area contributed by atoms with Gasteiger partial charge in [0.05, 0.1) is 4.88 Å². The van der Waals surface area contributed by atoms with Gasteiger partial charge in [0.2, 0.25) is 5.78 Å². The molecule has 4 aromatic rings. The molecule has 21 heavy (non-hydrogen) atoms. The maximum absolute atomic E-state index is 12.8. The molecule has 0 fully saturated rings. The molecule has 0 amide bonds. The van der Waals surface area contributed by atoms with Gasteiger partial charge in [0, 0.05) is 44.1 Å². The minimum atomic E-state index is 0.0799. The van der Waals surface area contributed by atoms with E-state index >= 15 is 0 Å². The largest absolute Gasteiger partial charge is 0.350 e. The van der Waals surface area contributed by atoms with Crippen LogP contribution in [-0.2, 0) is 7.05 Å². The molecule has 3 aromatic heterocycles. The van der Waals surface area contributed by atoms with Gasteiger partial charge >= 0.3 is 0 Å². The molecule has 2 nitrogen and oxygen atoms in total. The highest BCUT2D eigenvalue weighted by molar-refractivity contribution is 7.28. The van der Waals surface area contributed by atoms with Crippen molar-refractivity contribution < 1.29 is 4.79 Å². The molecular formula is C16H10ClNOS2. The van der Waals surface area contributed by atoms with Crippen LogP contribution in [0, 0.1) is 0 Å². The van der Waals surface area contributed by atoms with Gasteiger partial charge in [-0.2, -0.15) is 0 Å². The van der Waals surface area contributed by atoms with Crippen molar-refractivity contribution in [1.29, 1.82) is 0 Å². The maximum Gasteiger partial charge on any atom is 0.205 e. The van der Waals surface area contributed by atoms with E-state index in [0.29, 0.717) is 5.02 Å². The molecule has 0 radical (unpaired) electrons. The van der Waals surface area contributed by atoms with Crippen LogP contribution in [0.3, 0.4) is 0 Å². The van der Waals surface area contributed by atoms with Gasteiger partial charge in [-0.15, -0.1) is 22.7 Å². The first-order chi connectivity index (χ1) is 10.1. The van der Waals surface area contributed by atoms with E-state index < -0.39 is 0 Å². The highest BCUT2D eigenvalue weighted by Crippen LogP contribution is 2.33. The van der Waals surface area contributed by atoms with Crippen molar-refractivity contribution in [2.75, 3.05) is 0 Å². The molecule has 0 bridgehead atoms. The lowest BCUT2D eigenvalue weighted by Crippen LogP contribution is -1.97. The van der Waals surface area contributed by atoms with Gasteiger partial charge in [-0.25, -0.2) is 0 Å². The summed E-state index contributed by atoms with van der Waals surface area (Å²) in [7, 11) is 1.93. The van der Waals surface area contributed by atoms with E-state index in [9.17, 15) is 4.79 Å². The van der Waals surface area contributed by atoms with E-state index in [-0.39, 0.29) is 5.78 Å². The van der Waals surface area contributed by atoms with Crippen LogP contribution >= 0.6 is 34.3 Å². The first kappa shape index (κ1) is 13.1. The van der Waals surface area contributed by atoms with Gasteiger partial charge in [0.25, 0.3) is 0 Å². The Hall–Kier alpha value is -1.62. The number of aromatic nitrogens is 1. The number of hydrogen-bond acceptors (Lipinski definition) is 3. The quantitative estimate of drug-likeness (QED) is 0.454. The Morgan fingerprint density at radius 2 is 2.05 bits per heavy atom. The number of ketones is 1. The summed E-state index contributed by atoms with van der Waals surface area (Å²) in [4.78, 5) is 13.6. The molecule has 0 aliphatic carbocycles. The third kappa shape index (κ3) is 2.02. The highest BCUT2D eigenvalue weighted by Gasteiger charge is 2.18. The molecule has 0 N–H and O–H groups in total. The Balaban J connectivity index is 1.89. The lowest BCUT2D eigenvalue weighted by atomic mass is 10.1. The van der Waals surface area contributed by atoms with E-state index in [4.69, 9.17) is 11.6 Å². The van der Waals surface area contributed by atoms with Crippen LogP contribution in [0.15, 0.2) is 41.9 Å². The molecule has 1 aromatic carbocycles. The van der Waals surface area contributed by atoms with Crippen LogP contribution in [0.5, 0.6) is 0 Å². The number of fused-ring (bicyclic) bond motifs is 2. The summed E-state index contributed by atoms with van der Waals surface area (Å²) in [5.74, 6) is 0.0799. The molecule has 0 saturated heterocycles. The van der Waals surface area contributed by atoms with Gasteiger partial charge in [0.15, 0.2) is 0 Å². The van der Waals surface area contributed by atoms with Crippen molar-refractivity contribution in [1.82, 2.24) is 4.57 Å². The van der Waals surface area contributed by atoms with Gasteiger partial charge in [-0.1, -0.05) is 17.7 Å². The number of aryl methyl sites for hydroxylation is 1. The second-order valence-corrected chi connectivity index (χ2v) is 7.37. The van der Waals surface area contributed by atoms with Crippen molar-refractivity contribution in [2.24, 2.45) is 7.05 Å². The van der Waals surface area contributed by atoms with Crippen LogP contribution in [0.4, 0.5) is 0 Å². The summed E-state index contributed by atoms with van der Waals surface area (Å²) in [5.41, 5.74) is 1.71. The summed E-state index contributed by atoms with van der Waals surface area (Å²) < 4.78 is 4.29. The smallest absolute Gasteiger partial charge is 0.205 e. The maximum atomic E-state index is 12.8. The normalized spacial score (nSPS) is 11.5. The van der Waals surface area contributed by atoms with Crippen LogP contribution in [0.25, 0.3) is 20.3 Å². The second kappa shape index (κ2) is 4.70. The number of halogens is 1. The van der Waals surface area contributed by atoms with Crippen molar-refractivity contribution >= 4 is 60.4 Å². The molecule has 4 rings (SSSR count). The minimum absolute atomic E-state index is 0.0799. The molecule has 0 aliphatic heterocycles. The first-order valence-corrected chi connectivity index (χ1v) is 8.47. The highest BCUT2D eigenvalue weighted by atomic mass is 35.5. The average Bonchev–Trinajstić information content (AvgIpc) is 3.11. The van der Waals surface area contributed by atoms with Crippen molar-refractivity contribution in [3.05, 3.63) is 57.4 Å². The molecule has 5 heteroatoms. The molecule has 0 unspecified atom stereocenters. The fourth-order valence-electron chi connectivity index (χ4n) is 2.55. The van der Waals surface area contributed by atoms with Crippen LogP contribution in [0.2, 0.25) is 5.02 Å². The second-order valence-electron chi connectivity index (χ2n) is 4.90. The van der Waals surface area contributed by atoms with Crippen molar-refractivity contribution in [3.63, 3.8) is 0 Å². The van der Waals surface area contributed by atoms with Gasteiger partial charge < -0.3 is 4.57 Å². The number of benzene rings is 1. The zero-order chi connectivity index (χ0) is 14.6. The van der Waals surface area contributed by atoms with Crippen molar-refractivity contribution in [2.45, 2.75) is 0 Å². The van der Waals surface area contributed by atoms with Crippen LogP contribution in [-0.4, -0.2) is 10.4 Å². The van der Waals surface area contributed by atoms with E-state index in [1.165, 1.54) is 9.40 Å². The molecule has 104 valence electrons. The van der Waals surface area contributed by atoms with E-state index in [1.807, 2.05) is 42.1 Å². The topological polar surface area (TPSA) is 22.0 Å². The molecule has 0 atom stereocenters. The third-order valence-electron chi connectivity index (χ3n) is 3.56. The van der Waals surface area contributed by atoms with Crippen LogP contribution in [0.1, 0.15) is 15.2 Å². The number of rotatable bonds is 2. The number of hydrogen-bond donors (Lipinski definition) is 0. The van der Waals surface area contributed by atoms with Gasteiger partial charge in [-0.3, -0.25) is 4.79 Å². The Kier molecular flexibility index (Phi) is 2.92. The molecular weight excluding hydrogens is 322 g/mol. The standard InChI is InChI=1S/C16H10ClNOS2/c1-18-8-11(10-3-2-9(17)6-12(10)18)16(19)15-7-14-13(21-15)4-5-20-14/h2-8H,1H3. The molecule has 0 spiro atoms. The monoisotopic (exact) mass is 331 g/mol. The third-order valence-corrected chi connectivity index (χ3v) is 5.89. The Bertz CT molecular complexity index is 964.